The molecule has 0 radical (unpaired) electrons. The Morgan fingerprint density at radius 3 is 2.22 bits per heavy atom. The number of carbonyl (C=O) groups excluding carboxylic acids is 2. The molecular weight excluding hydrogens is 648 g/mol. The first kappa shape index (κ1) is 33.6. The van der Waals surface area contributed by atoms with E-state index in [0.717, 1.165) is 56.0 Å². The van der Waals surface area contributed by atoms with Gasteiger partial charge in [0, 0.05) is 61.6 Å². The van der Waals surface area contributed by atoms with Crippen LogP contribution in [0.25, 0.3) is 0 Å². The van der Waals surface area contributed by atoms with Crippen molar-refractivity contribution in [2.45, 2.75) is 43.9 Å². The molecule has 3 heterocycles. The normalized spacial score (nSPS) is 16.8. The summed E-state index contributed by atoms with van der Waals surface area (Å²) in [4.78, 5) is 33.5. The molecule has 7 rings (SSSR count). The van der Waals surface area contributed by atoms with Crippen LogP contribution in [-0.2, 0) is 23.3 Å². The molecule has 1 saturated heterocycles. The van der Waals surface area contributed by atoms with Crippen LogP contribution in [-0.4, -0.2) is 67.1 Å². The molecule has 1 N–H and O–H groups in total. The Labute approximate surface area is 288 Å². The maximum atomic E-state index is 13.8. The maximum Gasteiger partial charge on any atom is 0.405 e. The summed E-state index contributed by atoms with van der Waals surface area (Å²) in [6, 6.07) is 26.5. The van der Waals surface area contributed by atoms with Crippen molar-refractivity contribution in [3.63, 3.8) is 0 Å². The molecule has 4 aromatic rings. The van der Waals surface area contributed by atoms with Gasteiger partial charge in [-0.3, -0.25) is 14.5 Å². The molecule has 0 spiro atoms. The third kappa shape index (κ3) is 6.79. The van der Waals surface area contributed by atoms with Crippen LogP contribution in [0, 0.1) is 5.82 Å². The minimum absolute atomic E-state index is 0.0515. The molecule has 260 valence electrons. The highest BCUT2D eigenvalue weighted by atomic mass is 19.4. The minimum Gasteiger partial charge on any atom is -0.457 e. The molecule has 0 aliphatic carbocycles. The van der Waals surface area contributed by atoms with Crippen LogP contribution >= 0.6 is 0 Å². The van der Waals surface area contributed by atoms with Gasteiger partial charge in [0.1, 0.15) is 29.3 Å². The highest BCUT2D eigenvalue weighted by Gasteiger charge is 2.48. The van der Waals surface area contributed by atoms with Gasteiger partial charge in [0.2, 0.25) is 5.91 Å². The second kappa shape index (κ2) is 13.8. The Morgan fingerprint density at radius 2 is 1.54 bits per heavy atom. The van der Waals surface area contributed by atoms with E-state index in [1.54, 1.807) is 59.5 Å². The maximum absolute atomic E-state index is 13.8. The lowest BCUT2D eigenvalue weighted by molar-refractivity contribution is -0.141. The summed E-state index contributed by atoms with van der Waals surface area (Å²) < 4.78 is 59.5. The zero-order valence-electron chi connectivity index (χ0n) is 27.5. The molecule has 0 bridgehead atoms. The fourth-order valence-electron chi connectivity index (χ4n) is 7.52. The minimum atomic E-state index is -4.54. The number of hydrogen-bond donors (Lipinski definition) is 1. The predicted octanol–water partition coefficient (Wildman–Crippen LogP) is 7.04. The molecule has 2 amide bonds. The van der Waals surface area contributed by atoms with Crippen molar-refractivity contribution >= 4 is 17.5 Å². The molecular formula is C39H38F4N4O3. The van der Waals surface area contributed by atoms with Crippen LogP contribution in [0.5, 0.6) is 11.5 Å². The Bertz CT molecular complexity index is 1840. The number of alkyl halides is 3. The van der Waals surface area contributed by atoms with E-state index in [2.05, 4.69) is 21.2 Å². The first-order valence-corrected chi connectivity index (χ1v) is 17.0. The molecule has 11 heteroatoms. The lowest BCUT2D eigenvalue weighted by atomic mass is 9.68. The van der Waals surface area contributed by atoms with Crippen LogP contribution in [0.1, 0.15) is 51.9 Å². The molecule has 50 heavy (non-hydrogen) atoms. The molecule has 3 aliphatic rings. The molecule has 0 saturated carbocycles. The number of fused-ring (bicyclic) bond motifs is 3. The van der Waals surface area contributed by atoms with Crippen molar-refractivity contribution in [2.24, 2.45) is 0 Å². The average Bonchev–Trinajstić information content (AvgIpc) is 3.42. The van der Waals surface area contributed by atoms with Crippen LogP contribution in [0.15, 0.2) is 91.0 Å². The Morgan fingerprint density at radius 1 is 0.840 bits per heavy atom. The number of hydrogen-bond acceptors (Lipinski definition) is 5. The number of anilines is 1. The third-order valence-electron chi connectivity index (χ3n) is 10.00. The number of amides is 2. The molecule has 7 nitrogen and oxygen atoms in total. The van der Waals surface area contributed by atoms with Crippen LogP contribution in [0.4, 0.5) is 23.2 Å². The van der Waals surface area contributed by atoms with Crippen molar-refractivity contribution in [2.75, 3.05) is 44.2 Å². The number of unbranched alkanes of at least 4 members (excludes halogenated alkanes) is 1. The summed E-state index contributed by atoms with van der Waals surface area (Å²) in [6.07, 6.45) is -2.84. The number of para-hydroxylation sites is 2. The summed E-state index contributed by atoms with van der Waals surface area (Å²) in [6.45, 7) is 3.41. The Balaban J connectivity index is 0.974. The van der Waals surface area contributed by atoms with E-state index in [4.69, 9.17) is 4.74 Å². The zero-order valence-corrected chi connectivity index (χ0v) is 27.5. The van der Waals surface area contributed by atoms with Gasteiger partial charge in [-0.1, -0.05) is 61.0 Å². The fourth-order valence-corrected chi connectivity index (χ4v) is 7.52. The van der Waals surface area contributed by atoms with Gasteiger partial charge in [0.25, 0.3) is 5.91 Å². The summed E-state index contributed by atoms with van der Waals surface area (Å²) >= 11 is 0. The lowest BCUT2D eigenvalue weighted by Gasteiger charge is -2.39. The Hall–Kier alpha value is -4.90. The standard InChI is InChI=1S/C39H38F4N4O3/c40-29-9-7-8-27(22-29)24-47-25-28-14-15-30(23-31(28)36(47)48)46-20-18-45(19-21-46)17-6-5-16-38(37(49)44-26-39(41,42)43)32-10-1-3-12-34(32)50-35-13-4-2-11-33(35)38/h1-4,7-15,22-23H,5-6,16-21,24-26H2,(H,44,49). The lowest BCUT2D eigenvalue weighted by Crippen LogP contribution is -2.49. The molecule has 4 aromatic carbocycles. The van der Waals surface area contributed by atoms with Gasteiger partial charge in [-0.2, -0.15) is 13.2 Å². The summed E-state index contributed by atoms with van der Waals surface area (Å²) in [7, 11) is 0. The van der Waals surface area contributed by atoms with Crippen molar-refractivity contribution in [3.8, 4) is 11.5 Å². The number of nitrogens with one attached hydrogen (secondary N) is 1. The SMILES string of the molecule is O=C1c2cc(N3CCN(CCCCC4(C(=O)NCC(F)(F)F)c5ccccc5Oc5ccccc54)CC3)ccc2CN1Cc1cccc(F)c1. The van der Waals surface area contributed by atoms with Gasteiger partial charge in [-0.25, -0.2) is 4.39 Å². The number of nitrogens with zero attached hydrogens (tertiary/aromatic N) is 3. The zero-order chi connectivity index (χ0) is 34.9. The van der Waals surface area contributed by atoms with Crippen molar-refractivity contribution in [1.82, 2.24) is 15.1 Å². The molecule has 0 atom stereocenters. The average molecular weight is 687 g/mol. The summed E-state index contributed by atoms with van der Waals surface area (Å²) in [5.74, 6) is -0.116. The predicted molar refractivity (Wildman–Crippen MR) is 182 cm³/mol. The third-order valence-corrected chi connectivity index (χ3v) is 10.00. The topological polar surface area (TPSA) is 65.1 Å². The van der Waals surface area contributed by atoms with E-state index in [1.165, 1.54) is 12.1 Å². The van der Waals surface area contributed by atoms with Crippen molar-refractivity contribution in [1.29, 1.82) is 0 Å². The quantitative estimate of drug-likeness (QED) is 0.143. The second-order valence-corrected chi connectivity index (χ2v) is 13.2. The van der Waals surface area contributed by atoms with Gasteiger partial charge in [-0.15, -0.1) is 0 Å². The summed E-state index contributed by atoms with van der Waals surface area (Å²) in [5, 5.41) is 2.19. The van der Waals surface area contributed by atoms with Crippen molar-refractivity contribution in [3.05, 3.63) is 125 Å². The van der Waals surface area contributed by atoms with E-state index in [1.807, 2.05) is 18.2 Å². The number of piperazine rings is 1. The molecule has 3 aliphatic heterocycles. The number of halogens is 4. The molecule has 1 fully saturated rings. The number of carbonyl (C=O) groups is 2. The van der Waals surface area contributed by atoms with Gasteiger partial charge in [0.15, 0.2) is 0 Å². The number of rotatable bonds is 10. The van der Waals surface area contributed by atoms with Gasteiger partial charge >= 0.3 is 6.18 Å². The van der Waals surface area contributed by atoms with E-state index >= 15 is 0 Å². The van der Waals surface area contributed by atoms with Crippen LogP contribution in [0.2, 0.25) is 0 Å². The first-order valence-electron chi connectivity index (χ1n) is 17.0. The first-order chi connectivity index (χ1) is 24.1. The van der Waals surface area contributed by atoms with Crippen LogP contribution in [0.3, 0.4) is 0 Å². The number of benzene rings is 4. The van der Waals surface area contributed by atoms with Crippen molar-refractivity contribution < 1.29 is 31.9 Å². The molecule has 0 unspecified atom stereocenters. The van der Waals surface area contributed by atoms with E-state index < -0.39 is 24.0 Å². The van der Waals surface area contributed by atoms with Gasteiger partial charge in [0.05, 0.1) is 0 Å². The smallest absolute Gasteiger partial charge is 0.405 e. The Kier molecular flexibility index (Phi) is 9.26. The summed E-state index contributed by atoms with van der Waals surface area (Å²) in [5.41, 5.74) is 3.21. The fraction of sp³-hybridized carbons (Fsp3) is 0.333. The van der Waals surface area contributed by atoms with Gasteiger partial charge < -0.3 is 19.9 Å². The highest BCUT2D eigenvalue weighted by molar-refractivity contribution is 5.99. The largest absolute Gasteiger partial charge is 0.457 e. The monoisotopic (exact) mass is 686 g/mol. The van der Waals surface area contributed by atoms with E-state index in [0.29, 0.717) is 54.1 Å². The van der Waals surface area contributed by atoms with E-state index in [-0.39, 0.29) is 11.7 Å². The highest BCUT2D eigenvalue weighted by Crippen LogP contribution is 2.50. The molecule has 0 aromatic heterocycles. The van der Waals surface area contributed by atoms with Gasteiger partial charge in [-0.05, 0) is 66.9 Å². The number of ether oxygens (including phenoxy) is 1. The second-order valence-electron chi connectivity index (χ2n) is 13.2. The van der Waals surface area contributed by atoms with E-state index in [9.17, 15) is 27.2 Å². The van der Waals surface area contributed by atoms with Crippen LogP contribution < -0.4 is 15.0 Å².